The maximum atomic E-state index is 12.6. The first kappa shape index (κ1) is 18.7. The molecule has 1 amide bonds. The second-order valence-electron chi connectivity index (χ2n) is 5.41. The van der Waals surface area contributed by atoms with Gasteiger partial charge in [-0.15, -0.1) is 24.8 Å². The minimum Gasteiger partial charge on any atom is -0.338 e. The highest BCUT2D eigenvalue weighted by Crippen LogP contribution is 2.19. The molecule has 1 aliphatic heterocycles. The largest absolute Gasteiger partial charge is 0.338 e. The first-order chi connectivity index (χ1) is 9.78. The average molecular weight is 342 g/mol. The first-order valence-corrected chi connectivity index (χ1v) is 7.12. The molecule has 120 valence electrons. The molecule has 1 aromatic heterocycles. The number of likely N-dealkylation sites (tertiary alicyclic amines) is 1. The van der Waals surface area contributed by atoms with Crippen molar-refractivity contribution in [1.82, 2.24) is 9.88 Å². The molecule has 1 saturated heterocycles. The number of pyridine rings is 1. The van der Waals surface area contributed by atoms with Crippen LogP contribution in [0.3, 0.4) is 0 Å². The molecule has 4 nitrogen and oxygen atoms in total. The number of amides is 1. The SMILES string of the molecule is Cl.Cl.NCC1CCCN(C(=O)c2ccc3ncccc3c2)C1. The lowest BCUT2D eigenvalue weighted by molar-refractivity contribution is 0.0678. The summed E-state index contributed by atoms with van der Waals surface area (Å²) >= 11 is 0. The van der Waals surface area contributed by atoms with E-state index in [-0.39, 0.29) is 30.7 Å². The first-order valence-electron chi connectivity index (χ1n) is 7.12. The molecule has 0 radical (unpaired) electrons. The number of halogens is 2. The molecule has 1 fully saturated rings. The normalized spacial score (nSPS) is 17.5. The minimum atomic E-state index is 0. The highest BCUT2D eigenvalue weighted by atomic mass is 35.5. The number of rotatable bonds is 2. The summed E-state index contributed by atoms with van der Waals surface area (Å²) < 4.78 is 0. The topological polar surface area (TPSA) is 59.2 Å². The lowest BCUT2D eigenvalue weighted by Crippen LogP contribution is -2.42. The van der Waals surface area contributed by atoms with Crippen LogP contribution >= 0.6 is 24.8 Å². The molecular formula is C16H21Cl2N3O. The summed E-state index contributed by atoms with van der Waals surface area (Å²) in [5.41, 5.74) is 7.39. The number of benzene rings is 1. The highest BCUT2D eigenvalue weighted by Gasteiger charge is 2.23. The van der Waals surface area contributed by atoms with Crippen LogP contribution in [0.2, 0.25) is 0 Å². The monoisotopic (exact) mass is 341 g/mol. The van der Waals surface area contributed by atoms with E-state index in [0.29, 0.717) is 12.5 Å². The predicted octanol–water partition coefficient (Wildman–Crippen LogP) is 2.89. The molecule has 0 spiro atoms. The zero-order valence-corrected chi connectivity index (χ0v) is 13.9. The lowest BCUT2D eigenvalue weighted by Gasteiger charge is -2.32. The van der Waals surface area contributed by atoms with Crippen LogP contribution in [0.1, 0.15) is 23.2 Å². The van der Waals surface area contributed by atoms with Crippen LogP contribution in [0.25, 0.3) is 10.9 Å². The van der Waals surface area contributed by atoms with Gasteiger partial charge < -0.3 is 10.6 Å². The number of hydrogen-bond donors (Lipinski definition) is 1. The molecule has 1 aromatic carbocycles. The number of nitrogens with two attached hydrogens (primary N) is 1. The Morgan fingerprint density at radius 2 is 2.14 bits per heavy atom. The van der Waals surface area contributed by atoms with Gasteiger partial charge in [-0.05, 0) is 49.6 Å². The molecular weight excluding hydrogens is 321 g/mol. The molecule has 2 N–H and O–H groups in total. The molecule has 0 aliphatic carbocycles. The fraction of sp³-hybridized carbons (Fsp3) is 0.375. The van der Waals surface area contributed by atoms with Crippen LogP contribution in [0.15, 0.2) is 36.5 Å². The van der Waals surface area contributed by atoms with Gasteiger partial charge in [0.05, 0.1) is 5.52 Å². The van der Waals surface area contributed by atoms with E-state index >= 15 is 0 Å². The third-order valence-corrected chi connectivity index (χ3v) is 3.99. The van der Waals surface area contributed by atoms with E-state index in [1.54, 1.807) is 6.20 Å². The number of hydrogen-bond acceptors (Lipinski definition) is 3. The van der Waals surface area contributed by atoms with Gasteiger partial charge >= 0.3 is 0 Å². The Hall–Kier alpha value is -1.36. The molecule has 1 aliphatic rings. The van der Waals surface area contributed by atoms with E-state index in [2.05, 4.69) is 4.98 Å². The number of carbonyl (C=O) groups is 1. The fourth-order valence-corrected chi connectivity index (χ4v) is 2.83. The Labute approximate surface area is 142 Å². The van der Waals surface area contributed by atoms with Crippen molar-refractivity contribution < 1.29 is 4.79 Å². The standard InChI is InChI=1S/C16H19N3O.2ClH/c17-10-12-3-2-8-19(11-12)16(20)14-5-6-15-13(9-14)4-1-7-18-15;;/h1,4-7,9,12H,2-3,8,10-11,17H2;2*1H. The van der Waals surface area contributed by atoms with E-state index in [9.17, 15) is 4.79 Å². The summed E-state index contributed by atoms with van der Waals surface area (Å²) in [4.78, 5) is 18.8. The highest BCUT2D eigenvalue weighted by molar-refractivity contribution is 5.98. The van der Waals surface area contributed by atoms with Gasteiger partial charge in [-0.1, -0.05) is 6.07 Å². The third kappa shape index (κ3) is 3.88. The Morgan fingerprint density at radius 1 is 1.32 bits per heavy atom. The van der Waals surface area contributed by atoms with Gasteiger partial charge in [0.25, 0.3) is 5.91 Å². The molecule has 0 bridgehead atoms. The second-order valence-corrected chi connectivity index (χ2v) is 5.41. The molecule has 6 heteroatoms. The fourth-order valence-electron chi connectivity index (χ4n) is 2.83. The van der Waals surface area contributed by atoms with Gasteiger partial charge in [-0.2, -0.15) is 0 Å². The van der Waals surface area contributed by atoms with Gasteiger partial charge in [0.15, 0.2) is 0 Å². The summed E-state index contributed by atoms with van der Waals surface area (Å²) in [6.07, 6.45) is 3.94. The molecule has 0 saturated carbocycles. The Bertz CT molecular complexity index is 636. The number of carbonyl (C=O) groups excluding carboxylic acids is 1. The summed E-state index contributed by atoms with van der Waals surface area (Å²) in [5.74, 6) is 0.545. The van der Waals surface area contributed by atoms with Crippen molar-refractivity contribution in [3.63, 3.8) is 0 Å². The number of aromatic nitrogens is 1. The molecule has 22 heavy (non-hydrogen) atoms. The van der Waals surface area contributed by atoms with Gasteiger partial charge in [-0.25, -0.2) is 0 Å². The van der Waals surface area contributed by atoms with Crippen LogP contribution in [0.5, 0.6) is 0 Å². The van der Waals surface area contributed by atoms with Crippen molar-refractivity contribution in [1.29, 1.82) is 0 Å². The van der Waals surface area contributed by atoms with E-state index in [0.717, 1.165) is 42.4 Å². The van der Waals surface area contributed by atoms with E-state index in [1.165, 1.54) is 0 Å². The summed E-state index contributed by atoms with van der Waals surface area (Å²) in [5, 5.41) is 1.01. The number of fused-ring (bicyclic) bond motifs is 1. The van der Waals surface area contributed by atoms with Gasteiger partial charge in [0.2, 0.25) is 0 Å². The number of piperidine rings is 1. The zero-order valence-electron chi connectivity index (χ0n) is 12.3. The van der Waals surface area contributed by atoms with Gasteiger partial charge in [0, 0.05) is 30.2 Å². The smallest absolute Gasteiger partial charge is 0.253 e. The van der Waals surface area contributed by atoms with Crippen LogP contribution in [0, 0.1) is 5.92 Å². The van der Waals surface area contributed by atoms with Crippen molar-refractivity contribution in [2.75, 3.05) is 19.6 Å². The van der Waals surface area contributed by atoms with Crippen LogP contribution in [-0.2, 0) is 0 Å². The van der Waals surface area contributed by atoms with Crippen LogP contribution in [0.4, 0.5) is 0 Å². The third-order valence-electron chi connectivity index (χ3n) is 3.99. The predicted molar refractivity (Wildman–Crippen MR) is 93.9 cm³/mol. The van der Waals surface area contributed by atoms with Crippen molar-refractivity contribution in [3.05, 3.63) is 42.1 Å². The van der Waals surface area contributed by atoms with Gasteiger partial charge in [0.1, 0.15) is 0 Å². The van der Waals surface area contributed by atoms with Crippen molar-refractivity contribution in [2.45, 2.75) is 12.8 Å². The van der Waals surface area contributed by atoms with Crippen LogP contribution < -0.4 is 5.73 Å². The van der Waals surface area contributed by atoms with Crippen molar-refractivity contribution >= 4 is 41.6 Å². The molecule has 2 aromatic rings. The average Bonchev–Trinajstić information content (AvgIpc) is 2.53. The lowest BCUT2D eigenvalue weighted by atomic mass is 9.97. The summed E-state index contributed by atoms with van der Waals surface area (Å²) in [7, 11) is 0. The number of nitrogens with zero attached hydrogens (tertiary/aromatic N) is 2. The van der Waals surface area contributed by atoms with Crippen molar-refractivity contribution in [3.8, 4) is 0 Å². The maximum Gasteiger partial charge on any atom is 0.253 e. The van der Waals surface area contributed by atoms with E-state index in [1.807, 2.05) is 35.2 Å². The Balaban J connectivity index is 0.00000121. The van der Waals surface area contributed by atoms with Gasteiger partial charge in [-0.3, -0.25) is 9.78 Å². The zero-order chi connectivity index (χ0) is 13.9. The van der Waals surface area contributed by atoms with Crippen molar-refractivity contribution in [2.24, 2.45) is 11.7 Å². The molecule has 2 heterocycles. The Morgan fingerprint density at radius 3 is 2.91 bits per heavy atom. The minimum absolute atomic E-state index is 0. The summed E-state index contributed by atoms with van der Waals surface area (Å²) in [6.45, 7) is 2.27. The molecule has 1 atom stereocenters. The maximum absolute atomic E-state index is 12.6. The van der Waals surface area contributed by atoms with Crippen LogP contribution in [-0.4, -0.2) is 35.4 Å². The quantitative estimate of drug-likeness (QED) is 0.913. The molecule has 3 rings (SSSR count). The Kier molecular flexibility index (Phi) is 7.07. The van der Waals surface area contributed by atoms with E-state index in [4.69, 9.17) is 5.73 Å². The summed E-state index contributed by atoms with van der Waals surface area (Å²) in [6, 6.07) is 9.58. The van der Waals surface area contributed by atoms with E-state index < -0.39 is 0 Å². The second kappa shape index (κ2) is 8.32. The molecule has 1 unspecified atom stereocenters.